The van der Waals surface area contributed by atoms with Gasteiger partial charge in [-0.05, 0) is 54.7 Å². The number of hydrogen-bond acceptors (Lipinski definition) is 7. The van der Waals surface area contributed by atoms with E-state index in [9.17, 15) is 4.79 Å². The average Bonchev–Trinajstić information content (AvgIpc) is 3.04. The van der Waals surface area contributed by atoms with E-state index in [4.69, 9.17) is 9.47 Å². The topological polar surface area (TPSA) is 71.0 Å². The van der Waals surface area contributed by atoms with Crippen molar-refractivity contribution < 1.29 is 14.3 Å². The Balaban J connectivity index is 1.14. The smallest absolute Gasteiger partial charge is 0.256 e. The van der Waals surface area contributed by atoms with Crippen molar-refractivity contribution in [2.75, 3.05) is 64.0 Å². The number of para-hydroxylation sites is 1. The molecule has 0 saturated carbocycles. The lowest BCUT2D eigenvalue weighted by Crippen LogP contribution is -2.48. The van der Waals surface area contributed by atoms with Crippen LogP contribution in [-0.4, -0.2) is 84.8 Å². The maximum Gasteiger partial charge on any atom is 0.256 e. The van der Waals surface area contributed by atoms with Crippen LogP contribution in [0.25, 0.3) is 0 Å². The molecule has 1 spiro atoms. The molecule has 0 unspecified atom stereocenters. The Bertz CT molecular complexity index is 1290. The number of fused-ring (bicyclic) bond motifs is 1. The van der Waals surface area contributed by atoms with Gasteiger partial charge in [0, 0.05) is 58.2 Å². The van der Waals surface area contributed by atoms with Gasteiger partial charge >= 0.3 is 0 Å². The third-order valence-corrected chi connectivity index (χ3v) is 9.14. The largest absolute Gasteiger partial charge is 0.492 e. The number of aryl methyl sites for hydroxylation is 1. The summed E-state index contributed by atoms with van der Waals surface area (Å²) in [5.41, 5.74) is 3.39. The van der Waals surface area contributed by atoms with Crippen LogP contribution in [0.2, 0.25) is 0 Å². The lowest BCUT2D eigenvalue weighted by Gasteiger charge is -2.45. The van der Waals surface area contributed by atoms with Crippen LogP contribution in [0.15, 0.2) is 67.0 Å². The second kappa shape index (κ2) is 13.7. The van der Waals surface area contributed by atoms with E-state index < -0.39 is 0 Å². The van der Waals surface area contributed by atoms with Gasteiger partial charge in [0.1, 0.15) is 12.4 Å². The van der Waals surface area contributed by atoms with Crippen LogP contribution in [0.3, 0.4) is 0 Å². The second-order valence-corrected chi connectivity index (χ2v) is 12.0. The predicted octanol–water partition coefficient (Wildman–Crippen LogP) is 4.84. The number of likely N-dealkylation sites (tertiary alicyclic amines) is 1. The molecule has 0 atom stereocenters. The van der Waals surface area contributed by atoms with Crippen molar-refractivity contribution in [2.45, 2.75) is 45.1 Å². The van der Waals surface area contributed by atoms with Crippen LogP contribution >= 0.6 is 0 Å². The van der Waals surface area contributed by atoms with E-state index in [1.165, 1.54) is 24.0 Å². The number of carbonyl (C=O) groups excluding carboxylic acids is 1. The monoisotopic (exact) mass is 569 g/mol. The number of ether oxygens (including phenoxy) is 2. The number of carbonyl (C=O) groups is 1. The molecule has 2 aromatic carbocycles. The number of piperidine rings is 1. The number of nitrogens with zero attached hydrogens (tertiary/aromatic N) is 5. The lowest BCUT2D eigenvalue weighted by molar-refractivity contribution is 0.0360. The first kappa shape index (κ1) is 28.6. The maximum atomic E-state index is 13.5. The molecule has 6 rings (SSSR count). The molecule has 222 valence electrons. The molecule has 4 heterocycles. The number of morpholine rings is 1. The number of aromatic nitrogens is 2. The summed E-state index contributed by atoms with van der Waals surface area (Å²) in [6.07, 6.45) is 9.96. The van der Waals surface area contributed by atoms with E-state index in [0.717, 1.165) is 77.2 Å². The minimum Gasteiger partial charge on any atom is -0.492 e. The van der Waals surface area contributed by atoms with Crippen LogP contribution in [0.4, 0.5) is 5.95 Å². The highest BCUT2D eigenvalue weighted by Crippen LogP contribution is 2.39. The van der Waals surface area contributed by atoms with Crippen molar-refractivity contribution in [3.8, 4) is 5.75 Å². The summed E-state index contributed by atoms with van der Waals surface area (Å²) in [7, 11) is 0. The summed E-state index contributed by atoms with van der Waals surface area (Å²) in [4.78, 5) is 29.2. The highest BCUT2D eigenvalue weighted by atomic mass is 16.5. The summed E-state index contributed by atoms with van der Waals surface area (Å²) >= 11 is 0. The highest BCUT2D eigenvalue weighted by Gasteiger charge is 2.37. The van der Waals surface area contributed by atoms with E-state index >= 15 is 0 Å². The maximum absolute atomic E-state index is 13.5. The van der Waals surface area contributed by atoms with E-state index in [0.29, 0.717) is 31.3 Å². The summed E-state index contributed by atoms with van der Waals surface area (Å²) in [5.74, 6) is 1.74. The molecule has 8 nitrogen and oxygen atoms in total. The van der Waals surface area contributed by atoms with Gasteiger partial charge in [0.15, 0.2) is 0 Å². The minimum atomic E-state index is 0.0395. The quantitative estimate of drug-likeness (QED) is 0.445. The second-order valence-electron chi connectivity index (χ2n) is 12.0. The first-order valence-electron chi connectivity index (χ1n) is 15.6. The molecule has 1 amide bonds. The molecule has 3 aliphatic heterocycles. The zero-order valence-corrected chi connectivity index (χ0v) is 24.6. The van der Waals surface area contributed by atoms with E-state index in [2.05, 4.69) is 74.4 Å². The Kier molecular flexibility index (Phi) is 9.31. The van der Waals surface area contributed by atoms with Crippen LogP contribution in [0.1, 0.15) is 53.6 Å². The van der Waals surface area contributed by atoms with Gasteiger partial charge in [0.25, 0.3) is 5.91 Å². The Morgan fingerprint density at radius 2 is 1.55 bits per heavy atom. The molecule has 0 bridgehead atoms. The summed E-state index contributed by atoms with van der Waals surface area (Å²) < 4.78 is 11.8. The Morgan fingerprint density at radius 1 is 0.810 bits per heavy atom. The fraction of sp³-hybridized carbons (Fsp3) is 0.500. The number of hydrogen-bond donors (Lipinski definition) is 0. The molecule has 8 heteroatoms. The molecule has 2 saturated heterocycles. The van der Waals surface area contributed by atoms with E-state index in [1.807, 2.05) is 4.90 Å². The van der Waals surface area contributed by atoms with Crippen molar-refractivity contribution in [2.24, 2.45) is 5.41 Å². The Labute approximate surface area is 249 Å². The third-order valence-electron chi connectivity index (χ3n) is 9.14. The van der Waals surface area contributed by atoms with Gasteiger partial charge in [0.2, 0.25) is 5.95 Å². The number of amides is 1. The summed E-state index contributed by atoms with van der Waals surface area (Å²) in [6, 6.07) is 19.3. The Hall–Kier alpha value is -3.49. The molecular formula is C34H43N5O3. The molecular weight excluding hydrogens is 526 g/mol. The molecule has 0 radical (unpaired) electrons. The standard InChI is InChI=1S/C34H43N5O3/c40-32(30-24-35-33(36-25-30)39-19-21-41-22-20-39)38-16-14-34(15-17-38)13-7-6-11-29-10-4-5-12-31(29)42-23-18-37(27-34)26-28-8-2-1-3-9-28/h1-5,8-10,12,24-25H,6-7,11,13-23,26-27H2. The third kappa shape index (κ3) is 7.10. The number of rotatable bonds is 4. The van der Waals surface area contributed by atoms with Crippen molar-refractivity contribution in [1.29, 1.82) is 0 Å². The van der Waals surface area contributed by atoms with E-state index in [1.54, 1.807) is 12.4 Å². The number of benzene rings is 2. The van der Waals surface area contributed by atoms with E-state index in [-0.39, 0.29) is 11.3 Å². The fourth-order valence-electron chi connectivity index (χ4n) is 6.69. The van der Waals surface area contributed by atoms with Gasteiger partial charge in [-0.1, -0.05) is 55.0 Å². The molecule has 1 aromatic heterocycles. The zero-order chi connectivity index (χ0) is 28.6. The van der Waals surface area contributed by atoms with Crippen molar-refractivity contribution in [1.82, 2.24) is 19.8 Å². The minimum absolute atomic E-state index is 0.0395. The normalized spacial score (nSPS) is 20.2. The van der Waals surface area contributed by atoms with Crippen LogP contribution in [0, 0.1) is 5.41 Å². The molecule has 2 fully saturated rings. The van der Waals surface area contributed by atoms with Gasteiger partial charge in [-0.25, -0.2) is 9.97 Å². The number of anilines is 1. The molecule has 3 aliphatic rings. The lowest BCUT2D eigenvalue weighted by atomic mass is 9.73. The van der Waals surface area contributed by atoms with Gasteiger partial charge in [0.05, 0.1) is 18.8 Å². The Morgan fingerprint density at radius 3 is 2.33 bits per heavy atom. The van der Waals surface area contributed by atoms with Gasteiger partial charge in [-0.3, -0.25) is 9.69 Å². The summed E-state index contributed by atoms with van der Waals surface area (Å²) in [6.45, 7) is 7.93. The van der Waals surface area contributed by atoms with Crippen molar-refractivity contribution >= 4 is 11.9 Å². The predicted molar refractivity (Wildman–Crippen MR) is 164 cm³/mol. The fourth-order valence-corrected chi connectivity index (χ4v) is 6.69. The molecule has 0 N–H and O–H groups in total. The zero-order valence-electron chi connectivity index (χ0n) is 24.6. The van der Waals surface area contributed by atoms with Gasteiger partial charge < -0.3 is 19.3 Å². The van der Waals surface area contributed by atoms with Crippen LogP contribution < -0.4 is 9.64 Å². The molecule has 0 aliphatic carbocycles. The molecule has 42 heavy (non-hydrogen) atoms. The highest BCUT2D eigenvalue weighted by molar-refractivity contribution is 5.93. The van der Waals surface area contributed by atoms with Gasteiger partial charge in [-0.15, -0.1) is 0 Å². The first-order chi connectivity index (χ1) is 20.7. The van der Waals surface area contributed by atoms with Crippen molar-refractivity contribution in [3.05, 3.63) is 83.7 Å². The molecule has 3 aromatic rings. The SMILES string of the molecule is O=C(c1cnc(N2CCOCC2)nc1)N1CCC2(CCCCc3ccccc3OCCN(Cc3ccccc3)C2)CC1. The first-order valence-corrected chi connectivity index (χ1v) is 15.6. The van der Waals surface area contributed by atoms with Gasteiger partial charge in [-0.2, -0.15) is 0 Å². The van der Waals surface area contributed by atoms with Crippen LogP contribution in [0.5, 0.6) is 5.75 Å². The average molecular weight is 570 g/mol. The van der Waals surface area contributed by atoms with Crippen molar-refractivity contribution in [3.63, 3.8) is 0 Å². The summed E-state index contributed by atoms with van der Waals surface area (Å²) in [5, 5.41) is 0. The van der Waals surface area contributed by atoms with Crippen LogP contribution in [-0.2, 0) is 17.7 Å².